The molecule has 1 aliphatic heterocycles. The first-order valence-corrected chi connectivity index (χ1v) is 6.54. The number of rotatable bonds is 3. The second-order valence-electron chi connectivity index (χ2n) is 5.17. The first-order chi connectivity index (χ1) is 8.11. The molecule has 17 heavy (non-hydrogen) atoms. The third-order valence-electron chi connectivity index (χ3n) is 3.74. The Morgan fingerprint density at radius 3 is 2.88 bits per heavy atom. The maximum absolute atomic E-state index is 10.7. The molecule has 4 heteroatoms. The van der Waals surface area contributed by atoms with Crippen LogP contribution >= 0.6 is 0 Å². The topological polar surface area (TPSA) is 41.3 Å². The molecule has 96 valence electrons. The van der Waals surface area contributed by atoms with E-state index in [1.807, 2.05) is 19.3 Å². The Morgan fingerprint density at radius 2 is 2.24 bits per heavy atom. The number of nitrogens with zero attached hydrogens (tertiary/aromatic N) is 3. The molecule has 1 aromatic heterocycles. The Kier molecular flexibility index (Phi) is 3.84. The van der Waals surface area contributed by atoms with Crippen molar-refractivity contribution in [3.63, 3.8) is 0 Å². The number of hydrogen-bond donors (Lipinski definition) is 1. The van der Waals surface area contributed by atoms with Crippen molar-refractivity contribution in [3.05, 3.63) is 18.0 Å². The van der Waals surface area contributed by atoms with Crippen LogP contribution in [0.25, 0.3) is 0 Å². The SMILES string of the molecule is CCN1CCCC(O)(Cc2ccn(C)n2)CC1. The van der Waals surface area contributed by atoms with Crippen molar-refractivity contribution in [1.29, 1.82) is 0 Å². The lowest BCUT2D eigenvalue weighted by Gasteiger charge is -2.26. The van der Waals surface area contributed by atoms with Crippen LogP contribution in [-0.4, -0.2) is 45.0 Å². The monoisotopic (exact) mass is 237 g/mol. The largest absolute Gasteiger partial charge is 0.389 e. The van der Waals surface area contributed by atoms with Crippen LogP contribution in [0, 0.1) is 0 Å². The standard InChI is InChI=1S/C13H23N3O/c1-3-16-8-4-6-13(17,7-10-16)11-12-5-9-15(2)14-12/h5,9,17H,3-4,6-8,10-11H2,1-2H3. The summed E-state index contributed by atoms with van der Waals surface area (Å²) in [4.78, 5) is 2.41. The van der Waals surface area contributed by atoms with Crippen LogP contribution in [0.3, 0.4) is 0 Å². The molecule has 1 aliphatic rings. The maximum atomic E-state index is 10.7. The van der Waals surface area contributed by atoms with Crippen LogP contribution in [0.4, 0.5) is 0 Å². The lowest BCUT2D eigenvalue weighted by atomic mass is 9.90. The summed E-state index contributed by atoms with van der Waals surface area (Å²) in [5.41, 5.74) is 0.443. The van der Waals surface area contributed by atoms with Gasteiger partial charge in [0.15, 0.2) is 0 Å². The van der Waals surface area contributed by atoms with Gasteiger partial charge in [-0.05, 0) is 38.4 Å². The third kappa shape index (κ3) is 3.30. The maximum Gasteiger partial charge on any atom is 0.0716 e. The predicted octanol–water partition coefficient (Wildman–Crippen LogP) is 1.20. The summed E-state index contributed by atoms with van der Waals surface area (Å²) in [6.07, 6.45) is 5.45. The lowest BCUT2D eigenvalue weighted by molar-refractivity contribution is 0.0248. The first kappa shape index (κ1) is 12.6. The molecule has 1 N–H and O–H groups in total. The summed E-state index contributed by atoms with van der Waals surface area (Å²) in [7, 11) is 1.92. The molecule has 1 aromatic rings. The highest BCUT2D eigenvalue weighted by Crippen LogP contribution is 2.25. The summed E-state index contributed by atoms with van der Waals surface area (Å²) >= 11 is 0. The molecule has 1 unspecified atom stereocenters. The zero-order valence-corrected chi connectivity index (χ0v) is 10.9. The molecule has 0 aromatic carbocycles. The van der Waals surface area contributed by atoms with Gasteiger partial charge in [-0.3, -0.25) is 4.68 Å². The molecular weight excluding hydrogens is 214 g/mol. The molecule has 1 atom stereocenters. The van der Waals surface area contributed by atoms with Crippen LogP contribution in [0.1, 0.15) is 31.9 Å². The first-order valence-electron chi connectivity index (χ1n) is 6.54. The van der Waals surface area contributed by atoms with E-state index in [-0.39, 0.29) is 0 Å². The smallest absolute Gasteiger partial charge is 0.0716 e. The van der Waals surface area contributed by atoms with Crippen molar-refractivity contribution in [3.8, 4) is 0 Å². The fourth-order valence-electron chi connectivity index (χ4n) is 2.62. The molecule has 0 aliphatic carbocycles. The molecule has 0 amide bonds. The van der Waals surface area contributed by atoms with Crippen molar-refractivity contribution in [2.45, 2.75) is 38.2 Å². The van der Waals surface area contributed by atoms with Gasteiger partial charge in [0.05, 0.1) is 11.3 Å². The van der Waals surface area contributed by atoms with Crippen LogP contribution in [-0.2, 0) is 13.5 Å². The Balaban J connectivity index is 1.98. The minimum atomic E-state index is -0.557. The van der Waals surface area contributed by atoms with Crippen molar-refractivity contribution in [2.75, 3.05) is 19.6 Å². The second-order valence-corrected chi connectivity index (χ2v) is 5.17. The van der Waals surface area contributed by atoms with E-state index in [1.54, 1.807) is 4.68 Å². The number of aryl methyl sites for hydroxylation is 1. The van der Waals surface area contributed by atoms with Gasteiger partial charge in [-0.25, -0.2) is 0 Å². The van der Waals surface area contributed by atoms with Gasteiger partial charge < -0.3 is 10.0 Å². The molecule has 0 spiro atoms. The fourth-order valence-corrected chi connectivity index (χ4v) is 2.62. The van der Waals surface area contributed by atoms with E-state index < -0.39 is 5.60 Å². The van der Waals surface area contributed by atoms with E-state index in [2.05, 4.69) is 16.9 Å². The number of hydrogen-bond acceptors (Lipinski definition) is 3. The van der Waals surface area contributed by atoms with E-state index in [0.29, 0.717) is 6.42 Å². The average molecular weight is 237 g/mol. The van der Waals surface area contributed by atoms with Gasteiger partial charge in [0.2, 0.25) is 0 Å². The van der Waals surface area contributed by atoms with Gasteiger partial charge >= 0.3 is 0 Å². The predicted molar refractivity (Wildman–Crippen MR) is 67.8 cm³/mol. The molecule has 1 saturated heterocycles. The van der Waals surface area contributed by atoms with Crippen molar-refractivity contribution >= 4 is 0 Å². The zero-order valence-electron chi connectivity index (χ0n) is 10.9. The van der Waals surface area contributed by atoms with Gasteiger partial charge in [-0.2, -0.15) is 5.10 Å². The number of likely N-dealkylation sites (tertiary alicyclic amines) is 1. The van der Waals surface area contributed by atoms with Crippen LogP contribution in [0.15, 0.2) is 12.3 Å². The molecule has 4 nitrogen and oxygen atoms in total. The molecule has 0 saturated carbocycles. The fraction of sp³-hybridized carbons (Fsp3) is 0.769. The Hall–Kier alpha value is -0.870. The molecule has 1 fully saturated rings. The van der Waals surface area contributed by atoms with Crippen LogP contribution < -0.4 is 0 Å². The lowest BCUT2D eigenvalue weighted by Crippen LogP contribution is -2.33. The van der Waals surface area contributed by atoms with Gasteiger partial charge in [0.25, 0.3) is 0 Å². The molecule has 0 bridgehead atoms. The summed E-state index contributed by atoms with van der Waals surface area (Å²) in [5, 5.41) is 15.0. The van der Waals surface area contributed by atoms with Gasteiger partial charge in [-0.15, -0.1) is 0 Å². The van der Waals surface area contributed by atoms with Crippen LogP contribution in [0.2, 0.25) is 0 Å². The zero-order chi connectivity index (χ0) is 12.3. The minimum absolute atomic E-state index is 0.557. The van der Waals surface area contributed by atoms with E-state index >= 15 is 0 Å². The molecular formula is C13H23N3O. The number of aromatic nitrogens is 2. The summed E-state index contributed by atoms with van der Waals surface area (Å²) in [5.74, 6) is 0. The highest BCUT2D eigenvalue weighted by Gasteiger charge is 2.30. The molecule has 0 radical (unpaired) electrons. The van der Waals surface area contributed by atoms with Crippen molar-refractivity contribution in [1.82, 2.24) is 14.7 Å². The van der Waals surface area contributed by atoms with Gasteiger partial charge in [0.1, 0.15) is 0 Å². The number of aliphatic hydroxyl groups is 1. The summed E-state index contributed by atoms with van der Waals surface area (Å²) in [6, 6.07) is 2.00. The van der Waals surface area contributed by atoms with E-state index in [9.17, 15) is 5.11 Å². The highest BCUT2D eigenvalue weighted by molar-refractivity contribution is 5.04. The van der Waals surface area contributed by atoms with E-state index in [4.69, 9.17) is 0 Å². The quantitative estimate of drug-likeness (QED) is 0.859. The summed E-state index contributed by atoms with van der Waals surface area (Å²) < 4.78 is 1.80. The van der Waals surface area contributed by atoms with Crippen molar-refractivity contribution < 1.29 is 5.11 Å². The average Bonchev–Trinajstić information content (AvgIpc) is 2.59. The Morgan fingerprint density at radius 1 is 1.41 bits per heavy atom. The van der Waals surface area contributed by atoms with E-state index in [1.165, 1.54) is 0 Å². The third-order valence-corrected chi connectivity index (χ3v) is 3.74. The van der Waals surface area contributed by atoms with Crippen LogP contribution in [0.5, 0.6) is 0 Å². The molecule has 2 rings (SSSR count). The summed E-state index contributed by atoms with van der Waals surface area (Å²) in [6.45, 7) is 5.38. The minimum Gasteiger partial charge on any atom is -0.389 e. The normalized spacial score (nSPS) is 27.0. The second kappa shape index (κ2) is 5.19. The van der Waals surface area contributed by atoms with Gasteiger partial charge in [0, 0.05) is 26.2 Å². The van der Waals surface area contributed by atoms with Crippen molar-refractivity contribution in [2.24, 2.45) is 7.05 Å². The molecule has 2 heterocycles. The Labute approximate surface area is 103 Å². The van der Waals surface area contributed by atoms with Gasteiger partial charge in [-0.1, -0.05) is 6.92 Å². The van der Waals surface area contributed by atoms with E-state index in [0.717, 1.165) is 44.6 Å². The highest BCUT2D eigenvalue weighted by atomic mass is 16.3. The Bertz CT molecular complexity index is 363.